The first-order chi connectivity index (χ1) is 17.7. The van der Waals surface area contributed by atoms with Gasteiger partial charge in [0.15, 0.2) is 5.69 Å². The van der Waals surface area contributed by atoms with Gasteiger partial charge in [0, 0.05) is 11.7 Å². The molecule has 10 heteroatoms. The summed E-state index contributed by atoms with van der Waals surface area (Å²) in [6, 6.07) is 10.7. The quantitative estimate of drug-likeness (QED) is 0.369. The number of phenols is 1. The normalized spacial score (nSPS) is 14.6. The molecule has 3 amide bonds. The number of nitrogens with two attached hydrogens (primary N) is 2. The van der Waals surface area contributed by atoms with Crippen molar-refractivity contribution in [3.05, 3.63) is 69.7 Å². The van der Waals surface area contributed by atoms with E-state index in [2.05, 4.69) is 9.69 Å². The van der Waals surface area contributed by atoms with Crippen molar-refractivity contribution in [2.24, 2.45) is 5.73 Å². The van der Waals surface area contributed by atoms with E-state index in [1.54, 1.807) is 12.1 Å². The maximum Gasteiger partial charge on any atom is 0.273 e. The van der Waals surface area contributed by atoms with Gasteiger partial charge in [-0.25, -0.2) is 0 Å². The fourth-order valence-electron chi connectivity index (χ4n) is 4.81. The Kier molecular flexibility index (Phi) is 7.77. The molecular weight excluding hydrogens is 490 g/mol. The van der Waals surface area contributed by atoms with Crippen LogP contribution in [0, 0.1) is 13.8 Å². The lowest BCUT2D eigenvalue weighted by molar-refractivity contribution is -0.123. The molecule has 0 bridgehead atoms. The molecule has 1 fully saturated rings. The van der Waals surface area contributed by atoms with Gasteiger partial charge in [-0.1, -0.05) is 37.5 Å². The molecule has 0 spiro atoms. The molecule has 0 radical (unpaired) electrons. The van der Waals surface area contributed by atoms with Gasteiger partial charge < -0.3 is 21.9 Å². The molecule has 194 valence electrons. The second-order valence-electron chi connectivity index (χ2n) is 9.50. The Hall–Kier alpha value is -3.92. The number of nitrogens with zero attached hydrogens (tertiary/aromatic N) is 2. The van der Waals surface area contributed by atoms with E-state index in [1.165, 1.54) is 17.0 Å². The van der Waals surface area contributed by atoms with Crippen molar-refractivity contribution in [3.8, 4) is 5.75 Å². The summed E-state index contributed by atoms with van der Waals surface area (Å²) in [6.45, 7) is 3.81. The van der Waals surface area contributed by atoms with Crippen molar-refractivity contribution in [1.82, 2.24) is 9.69 Å². The number of rotatable bonds is 7. The van der Waals surface area contributed by atoms with E-state index >= 15 is 0 Å². The van der Waals surface area contributed by atoms with E-state index in [1.807, 2.05) is 32.0 Å². The Bertz CT molecular complexity index is 1290. The van der Waals surface area contributed by atoms with Gasteiger partial charge in [-0.3, -0.25) is 19.3 Å². The molecule has 9 nitrogen and oxygen atoms in total. The Balaban J connectivity index is 1.87. The zero-order chi connectivity index (χ0) is 26.7. The number of primary amides is 1. The zero-order valence-electron chi connectivity index (χ0n) is 20.9. The van der Waals surface area contributed by atoms with Gasteiger partial charge >= 0.3 is 0 Å². The number of carbonyl (C=O) groups is 3. The molecule has 1 aliphatic carbocycles. The zero-order valence-corrected chi connectivity index (χ0v) is 21.7. The van der Waals surface area contributed by atoms with Gasteiger partial charge in [0.25, 0.3) is 11.8 Å². The highest BCUT2D eigenvalue weighted by Gasteiger charge is 2.37. The van der Waals surface area contributed by atoms with E-state index in [4.69, 9.17) is 11.5 Å². The van der Waals surface area contributed by atoms with Crippen molar-refractivity contribution in [2.45, 2.75) is 58.0 Å². The molecule has 6 N–H and O–H groups in total. The highest BCUT2D eigenvalue weighted by molar-refractivity contribution is 7.09. The van der Waals surface area contributed by atoms with E-state index in [9.17, 15) is 19.5 Å². The van der Waals surface area contributed by atoms with Crippen LogP contribution in [0.25, 0.3) is 0 Å². The fourth-order valence-corrected chi connectivity index (χ4v) is 5.56. The third-order valence-corrected chi connectivity index (χ3v) is 7.38. The number of carbonyl (C=O) groups excluding carboxylic acids is 3. The molecule has 0 saturated heterocycles. The molecule has 1 aliphatic rings. The summed E-state index contributed by atoms with van der Waals surface area (Å²) in [5, 5.41) is 13.0. The first kappa shape index (κ1) is 26.2. The Labute approximate surface area is 219 Å². The first-order valence-electron chi connectivity index (χ1n) is 12.2. The third kappa shape index (κ3) is 5.75. The van der Waals surface area contributed by atoms with E-state index in [0.29, 0.717) is 11.3 Å². The molecule has 1 heterocycles. The second kappa shape index (κ2) is 11.0. The summed E-state index contributed by atoms with van der Waals surface area (Å²) in [5.41, 5.74) is 14.0. The number of aromatic hydroxyl groups is 1. The minimum absolute atomic E-state index is 0.00648. The number of nitrogens with one attached hydrogen (secondary N) is 1. The minimum atomic E-state index is -1.07. The van der Waals surface area contributed by atoms with Crippen LogP contribution in [0.3, 0.4) is 0 Å². The van der Waals surface area contributed by atoms with Gasteiger partial charge in [0.2, 0.25) is 5.91 Å². The predicted molar refractivity (Wildman–Crippen MR) is 144 cm³/mol. The van der Waals surface area contributed by atoms with Crippen molar-refractivity contribution in [2.75, 3.05) is 10.6 Å². The average molecular weight is 522 g/mol. The fraction of sp³-hybridized carbons (Fsp3) is 0.333. The molecule has 4 rings (SSSR count). The summed E-state index contributed by atoms with van der Waals surface area (Å²) >= 11 is 0.768. The second-order valence-corrected chi connectivity index (χ2v) is 10.3. The largest absolute Gasteiger partial charge is 0.508 e. The van der Waals surface area contributed by atoms with Crippen LogP contribution in [-0.2, 0) is 4.79 Å². The minimum Gasteiger partial charge on any atom is -0.508 e. The van der Waals surface area contributed by atoms with E-state index < -0.39 is 17.9 Å². The van der Waals surface area contributed by atoms with E-state index in [0.717, 1.165) is 54.8 Å². The van der Waals surface area contributed by atoms with Gasteiger partial charge in [0.05, 0.1) is 5.69 Å². The number of hydrogen-bond donors (Lipinski definition) is 4. The molecular formula is C27H31N5O4S. The topological polar surface area (TPSA) is 152 Å². The number of hydrogen-bond acceptors (Lipinski definition) is 7. The van der Waals surface area contributed by atoms with Crippen molar-refractivity contribution in [3.63, 3.8) is 0 Å². The van der Waals surface area contributed by atoms with E-state index in [-0.39, 0.29) is 34.0 Å². The van der Waals surface area contributed by atoms with Crippen molar-refractivity contribution < 1.29 is 19.5 Å². The van der Waals surface area contributed by atoms with Gasteiger partial charge in [-0.05, 0) is 79.2 Å². The average Bonchev–Trinajstić information content (AvgIpc) is 3.24. The van der Waals surface area contributed by atoms with Crippen molar-refractivity contribution >= 4 is 40.6 Å². The lowest BCUT2D eigenvalue weighted by Crippen LogP contribution is -2.47. The van der Waals surface area contributed by atoms with Crippen LogP contribution in [0.4, 0.5) is 11.4 Å². The summed E-state index contributed by atoms with van der Waals surface area (Å²) in [6.07, 6.45) is 4.93. The van der Waals surface area contributed by atoms with Crippen LogP contribution in [0.5, 0.6) is 5.75 Å². The smallest absolute Gasteiger partial charge is 0.273 e. The SMILES string of the molecule is Cc1cc(C)cc(N(C(=O)c2snc(C(N)=O)c2N)C(C(=O)NC2CCCCC2)c2ccc(O)cc2)c1. The highest BCUT2D eigenvalue weighted by Crippen LogP contribution is 2.35. The Morgan fingerprint density at radius 2 is 1.68 bits per heavy atom. The van der Waals surface area contributed by atoms with Crippen molar-refractivity contribution in [1.29, 1.82) is 0 Å². The first-order valence-corrected chi connectivity index (χ1v) is 13.0. The monoisotopic (exact) mass is 521 g/mol. The number of benzene rings is 2. The summed E-state index contributed by atoms with van der Waals surface area (Å²) < 4.78 is 3.99. The molecule has 3 aromatic rings. The number of phenolic OH excluding ortho intramolecular Hbond substituents is 1. The molecule has 1 saturated carbocycles. The predicted octanol–water partition coefficient (Wildman–Crippen LogP) is 3.98. The summed E-state index contributed by atoms with van der Waals surface area (Å²) in [4.78, 5) is 41.2. The number of aromatic nitrogens is 1. The van der Waals surface area contributed by atoms with Crippen LogP contribution < -0.4 is 21.7 Å². The summed E-state index contributed by atoms with van der Waals surface area (Å²) in [5.74, 6) is -1.72. The third-order valence-electron chi connectivity index (χ3n) is 6.53. The Morgan fingerprint density at radius 1 is 1.05 bits per heavy atom. The maximum atomic E-state index is 14.1. The number of aryl methyl sites for hydroxylation is 2. The Morgan fingerprint density at radius 3 is 2.24 bits per heavy atom. The van der Waals surface area contributed by atoms with Crippen LogP contribution in [0.1, 0.15) is 75.0 Å². The highest BCUT2D eigenvalue weighted by atomic mass is 32.1. The lowest BCUT2D eigenvalue weighted by Gasteiger charge is -2.33. The van der Waals surface area contributed by atoms with Crippen LogP contribution in [-0.4, -0.2) is 33.2 Å². The van der Waals surface area contributed by atoms with Gasteiger partial charge in [-0.2, -0.15) is 4.37 Å². The molecule has 1 atom stereocenters. The molecule has 0 aliphatic heterocycles. The molecule has 2 aromatic carbocycles. The number of nitrogen functional groups attached to an aromatic ring is 1. The number of amides is 3. The maximum absolute atomic E-state index is 14.1. The van der Waals surface area contributed by atoms with Gasteiger partial charge in [0.1, 0.15) is 16.7 Å². The lowest BCUT2D eigenvalue weighted by atomic mass is 9.94. The molecule has 1 aromatic heterocycles. The standard InChI is InChI=1S/C27H31N5O4S/c1-15-12-16(2)14-19(13-15)32(27(36)24-21(28)22(25(29)34)31-37-24)23(17-8-10-20(33)11-9-17)26(35)30-18-6-4-3-5-7-18/h8-14,18,23,33H,3-7,28H2,1-2H3,(H2,29,34)(H,30,35). The molecule has 37 heavy (non-hydrogen) atoms. The van der Waals surface area contributed by atoms with Crippen LogP contribution in [0.15, 0.2) is 42.5 Å². The van der Waals surface area contributed by atoms with Crippen LogP contribution >= 0.6 is 11.5 Å². The van der Waals surface area contributed by atoms with Crippen LogP contribution in [0.2, 0.25) is 0 Å². The number of anilines is 2. The molecule has 1 unspecified atom stereocenters. The summed E-state index contributed by atoms with van der Waals surface area (Å²) in [7, 11) is 0. The van der Waals surface area contributed by atoms with Gasteiger partial charge in [-0.15, -0.1) is 0 Å².